The minimum Gasteiger partial charge on any atom is -0.331 e. The summed E-state index contributed by atoms with van der Waals surface area (Å²) in [6.07, 6.45) is 5.82. The lowest BCUT2D eigenvalue weighted by Crippen LogP contribution is -2.13. The molecule has 0 atom stereocenters. The van der Waals surface area contributed by atoms with Crippen molar-refractivity contribution in [1.82, 2.24) is 19.9 Å². The van der Waals surface area contributed by atoms with Gasteiger partial charge in [-0.25, -0.2) is 15.0 Å². The number of imidazole rings is 1. The highest BCUT2D eigenvalue weighted by Crippen LogP contribution is 2.03. The van der Waals surface area contributed by atoms with Crippen molar-refractivity contribution < 1.29 is 4.79 Å². The first-order chi connectivity index (χ1) is 7.25. The Kier molecular flexibility index (Phi) is 2.59. The molecule has 2 aromatic rings. The minimum atomic E-state index is -0.346. The predicted octanol–water partition coefficient (Wildman–Crippen LogP) is 1.11. The number of anilines is 1. The molecule has 0 aliphatic carbocycles. The molecule has 0 unspecified atom stereocenters. The number of halogens is 1. The number of hydrogen-bond acceptors (Lipinski definition) is 4. The third-order valence-corrected chi connectivity index (χ3v) is 1.81. The van der Waals surface area contributed by atoms with Crippen molar-refractivity contribution in [3.05, 3.63) is 35.6 Å². The Hall–Kier alpha value is -1.95. The van der Waals surface area contributed by atoms with Crippen molar-refractivity contribution in [3.8, 4) is 0 Å². The highest BCUT2D eigenvalue weighted by Gasteiger charge is 2.07. The molecule has 7 heteroatoms. The summed E-state index contributed by atoms with van der Waals surface area (Å²) in [5, 5.41) is 2.63. The van der Waals surface area contributed by atoms with Crippen molar-refractivity contribution in [1.29, 1.82) is 0 Å². The number of amides is 1. The van der Waals surface area contributed by atoms with Crippen LogP contribution < -0.4 is 5.32 Å². The van der Waals surface area contributed by atoms with Gasteiger partial charge in [0.15, 0.2) is 0 Å². The molecule has 0 aliphatic rings. The summed E-state index contributed by atoms with van der Waals surface area (Å²) in [6.45, 7) is 0. The van der Waals surface area contributed by atoms with Crippen LogP contribution in [0.3, 0.4) is 0 Å². The van der Waals surface area contributed by atoms with Gasteiger partial charge in [-0.2, -0.15) is 0 Å². The summed E-state index contributed by atoms with van der Waals surface area (Å²) in [6, 6.07) is 0. The molecule has 2 heterocycles. The van der Waals surface area contributed by atoms with Crippen LogP contribution in [-0.2, 0) is 0 Å². The van der Waals surface area contributed by atoms with Gasteiger partial charge in [0.1, 0.15) is 0 Å². The number of aromatic amines is 1. The number of H-pyrrole nitrogens is 1. The predicted molar refractivity (Wildman–Crippen MR) is 53.6 cm³/mol. The average molecular weight is 224 g/mol. The Balaban J connectivity index is 2.11. The second kappa shape index (κ2) is 4.05. The maximum atomic E-state index is 11.5. The highest BCUT2D eigenvalue weighted by molar-refractivity contribution is 6.28. The number of carbonyl (C=O) groups excluding carboxylic acids is 1. The fourth-order valence-electron chi connectivity index (χ4n) is 0.943. The van der Waals surface area contributed by atoms with Crippen molar-refractivity contribution >= 4 is 23.5 Å². The van der Waals surface area contributed by atoms with Crippen LogP contribution in [-0.4, -0.2) is 25.8 Å². The van der Waals surface area contributed by atoms with E-state index >= 15 is 0 Å². The zero-order valence-corrected chi connectivity index (χ0v) is 8.19. The van der Waals surface area contributed by atoms with E-state index in [9.17, 15) is 4.79 Å². The van der Waals surface area contributed by atoms with Crippen molar-refractivity contribution in [3.63, 3.8) is 0 Å². The fraction of sp³-hybridized carbons (Fsp3) is 0. The number of nitrogens with one attached hydrogen (secondary N) is 2. The van der Waals surface area contributed by atoms with E-state index in [2.05, 4.69) is 25.3 Å². The third kappa shape index (κ3) is 2.29. The van der Waals surface area contributed by atoms with Crippen LogP contribution in [0.1, 0.15) is 10.4 Å². The first-order valence-electron chi connectivity index (χ1n) is 4.04. The van der Waals surface area contributed by atoms with Crippen LogP contribution in [0, 0.1) is 0 Å². The summed E-state index contributed by atoms with van der Waals surface area (Å²) in [5.41, 5.74) is 0.316. The largest absolute Gasteiger partial charge is 0.331 e. The molecule has 1 amide bonds. The molecule has 0 saturated heterocycles. The van der Waals surface area contributed by atoms with Gasteiger partial charge in [-0.3, -0.25) is 10.1 Å². The number of rotatable bonds is 2. The molecule has 2 N–H and O–H groups in total. The van der Waals surface area contributed by atoms with Gasteiger partial charge >= 0.3 is 0 Å². The van der Waals surface area contributed by atoms with Gasteiger partial charge in [-0.15, -0.1) is 0 Å². The molecule has 0 fully saturated rings. The third-order valence-electron chi connectivity index (χ3n) is 1.61. The molecule has 0 bridgehead atoms. The van der Waals surface area contributed by atoms with E-state index in [4.69, 9.17) is 11.6 Å². The molecule has 2 rings (SSSR count). The van der Waals surface area contributed by atoms with Crippen LogP contribution >= 0.6 is 11.6 Å². The first kappa shape index (κ1) is 9.60. The van der Waals surface area contributed by atoms with Gasteiger partial charge < -0.3 is 4.98 Å². The molecule has 0 spiro atoms. The monoisotopic (exact) mass is 223 g/mol. The fourth-order valence-corrected chi connectivity index (χ4v) is 1.04. The van der Waals surface area contributed by atoms with Gasteiger partial charge in [-0.1, -0.05) is 0 Å². The van der Waals surface area contributed by atoms with E-state index in [-0.39, 0.29) is 11.2 Å². The van der Waals surface area contributed by atoms with Crippen LogP contribution in [0.15, 0.2) is 24.8 Å². The summed E-state index contributed by atoms with van der Waals surface area (Å²) < 4.78 is 0. The molecule has 6 nitrogen and oxygen atoms in total. The number of carbonyl (C=O) groups is 1. The summed E-state index contributed by atoms with van der Waals surface area (Å²) >= 11 is 5.49. The van der Waals surface area contributed by atoms with Crippen molar-refractivity contribution in [2.75, 3.05) is 5.32 Å². The lowest BCUT2D eigenvalue weighted by molar-refractivity contribution is 0.102. The SMILES string of the molecule is O=C(Nc1ncc[nH]1)c1cnc(Cl)nc1. The van der Waals surface area contributed by atoms with Gasteiger partial charge in [0.2, 0.25) is 11.2 Å². The van der Waals surface area contributed by atoms with Crippen LogP contribution in [0.25, 0.3) is 0 Å². The standard InChI is InChI=1S/C8H6ClN5O/c9-7-12-3-5(4-13-7)6(15)14-8-10-1-2-11-8/h1-4H,(H2,10,11,14,15). The summed E-state index contributed by atoms with van der Waals surface area (Å²) in [7, 11) is 0. The van der Waals surface area contributed by atoms with Gasteiger partial charge in [-0.05, 0) is 11.6 Å². The Morgan fingerprint density at radius 1 is 1.33 bits per heavy atom. The quantitative estimate of drug-likeness (QED) is 0.747. The number of nitrogens with zero attached hydrogens (tertiary/aromatic N) is 3. The van der Waals surface area contributed by atoms with E-state index in [0.29, 0.717) is 11.5 Å². The zero-order valence-electron chi connectivity index (χ0n) is 7.44. The topological polar surface area (TPSA) is 83.6 Å². The van der Waals surface area contributed by atoms with E-state index < -0.39 is 0 Å². The zero-order chi connectivity index (χ0) is 10.7. The maximum absolute atomic E-state index is 11.5. The highest BCUT2D eigenvalue weighted by atomic mass is 35.5. The lowest BCUT2D eigenvalue weighted by Gasteiger charge is -2.00. The van der Waals surface area contributed by atoms with E-state index in [0.717, 1.165) is 0 Å². The molecular weight excluding hydrogens is 218 g/mol. The van der Waals surface area contributed by atoms with Crippen molar-refractivity contribution in [2.24, 2.45) is 0 Å². The van der Waals surface area contributed by atoms with Crippen LogP contribution in [0.2, 0.25) is 5.28 Å². The Morgan fingerprint density at radius 3 is 2.67 bits per heavy atom. The van der Waals surface area contributed by atoms with Gasteiger partial charge in [0.25, 0.3) is 5.91 Å². The smallest absolute Gasteiger partial charge is 0.261 e. The molecule has 2 aromatic heterocycles. The second-order valence-electron chi connectivity index (χ2n) is 2.63. The van der Waals surface area contributed by atoms with E-state index in [1.807, 2.05) is 0 Å². The second-order valence-corrected chi connectivity index (χ2v) is 2.97. The molecule has 0 saturated carbocycles. The molecular formula is C8H6ClN5O. The van der Waals surface area contributed by atoms with Crippen LogP contribution in [0.4, 0.5) is 5.95 Å². The number of aromatic nitrogens is 4. The average Bonchev–Trinajstić information content (AvgIpc) is 2.71. The van der Waals surface area contributed by atoms with Gasteiger partial charge in [0.05, 0.1) is 5.56 Å². The Labute approximate surface area is 89.7 Å². The summed E-state index contributed by atoms with van der Waals surface area (Å²) in [5.74, 6) is 0.0246. The van der Waals surface area contributed by atoms with Crippen molar-refractivity contribution in [2.45, 2.75) is 0 Å². The molecule has 0 radical (unpaired) electrons. The molecule has 0 aromatic carbocycles. The normalized spacial score (nSPS) is 9.93. The maximum Gasteiger partial charge on any atom is 0.261 e. The Bertz CT molecular complexity index is 452. The Morgan fingerprint density at radius 2 is 2.07 bits per heavy atom. The molecule has 15 heavy (non-hydrogen) atoms. The number of hydrogen-bond donors (Lipinski definition) is 2. The van der Waals surface area contributed by atoms with Gasteiger partial charge in [0, 0.05) is 24.8 Å². The minimum absolute atomic E-state index is 0.101. The van der Waals surface area contributed by atoms with Crippen LogP contribution in [0.5, 0.6) is 0 Å². The lowest BCUT2D eigenvalue weighted by atomic mass is 10.3. The first-order valence-corrected chi connectivity index (χ1v) is 4.42. The van der Waals surface area contributed by atoms with E-state index in [1.165, 1.54) is 18.6 Å². The molecule has 76 valence electrons. The van der Waals surface area contributed by atoms with E-state index in [1.54, 1.807) is 6.20 Å². The molecule has 0 aliphatic heterocycles. The summed E-state index contributed by atoms with van der Waals surface area (Å²) in [4.78, 5) is 25.5.